The van der Waals surface area contributed by atoms with Crippen LogP contribution in [0.4, 0.5) is 0 Å². The summed E-state index contributed by atoms with van der Waals surface area (Å²) in [6.45, 7) is 2.91. The van der Waals surface area contributed by atoms with E-state index >= 15 is 0 Å². The summed E-state index contributed by atoms with van der Waals surface area (Å²) < 4.78 is 11.8. The number of hydrogen-bond acceptors (Lipinski definition) is 4. The van der Waals surface area contributed by atoms with E-state index in [4.69, 9.17) is 9.47 Å². The van der Waals surface area contributed by atoms with Crippen LogP contribution in [0.3, 0.4) is 0 Å². The topological polar surface area (TPSA) is 47.6 Å². The monoisotopic (exact) mass is 337 g/mol. The lowest BCUT2D eigenvalue weighted by Gasteiger charge is -2.15. The molecule has 0 atom stereocenters. The molecule has 0 bridgehead atoms. The fourth-order valence-electron chi connectivity index (χ4n) is 2.49. The van der Waals surface area contributed by atoms with Crippen LogP contribution in [0.2, 0.25) is 0 Å². The van der Waals surface area contributed by atoms with Crippen molar-refractivity contribution in [1.82, 2.24) is 5.32 Å². The first-order valence-electron chi connectivity index (χ1n) is 6.75. The van der Waals surface area contributed by atoms with Gasteiger partial charge in [0, 0.05) is 18.5 Å². The molecular formula is C15H16BrNO3. The highest BCUT2D eigenvalue weighted by molar-refractivity contribution is 9.10. The molecule has 5 heteroatoms. The van der Waals surface area contributed by atoms with Crippen LogP contribution in [-0.4, -0.2) is 25.7 Å². The summed E-state index contributed by atoms with van der Waals surface area (Å²) in [5.74, 6) is 0.473. The van der Waals surface area contributed by atoms with Crippen LogP contribution in [-0.2, 0) is 11.3 Å². The van der Waals surface area contributed by atoms with E-state index in [-0.39, 0.29) is 5.97 Å². The molecule has 3 rings (SSSR count). The van der Waals surface area contributed by atoms with Gasteiger partial charge < -0.3 is 14.8 Å². The molecule has 0 saturated heterocycles. The van der Waals surface area contributed by atoms with Crippen molar-refractivity contribution >= 4 is 21.9 Å². The van der Waals surface area contributed by atoms with Gasteiger partial charge in [-0.1, -0.05) is 11.6 Å². The maximum atomic E-state index is 11.5. The molecule has 0 spiro atoms. The van der Waals surface area contributed by atoms with Gasteiger partial charge in [0.15, 0.2) is 0 Å². The van der Waals surface area contributed by atoms with E-state index in [2.05, 4.69) is 27.3 Å². The predicted octanol–water partition coefficient (Wildman–Crippen LogP) is 2.81. The first-order chi connectivity index (χ1) is 9.75. The predicted molar refractivity (Wildman–Crippen MR) is 78.9 cm³/mol. The van der Waals surface area contributed by atoms with Crippen molar-refractivity contribution in [2.45, 2.75) is 19.4 Å². The van der Waals surface area contributed by atoms with Crippen molar-refractivity contribution in [2.75, 3.05) is 19.7 Å². The minimum Gasteiger partial charge on any atom is -0.492 e. The fourth-order valence-corrected chi connectivity index (χ4v) is 2.97. The number of benzene rings is 1. The molecule has 0 fully saturated rings. The van der Waals surface area contributed by atoms with Crippen LogP contribution < -0.4 is 10.1 Å². The van der Waals surface area contributed by atoms with Gasteiger partial charge in [-0.3, -0.25) is 0 Å². The first-order valence-corrected chi connectivity index (χ1v) is 7.55. The minimum atomic E-state index is -0.265. The fraction of sp³-hybridized carbons (Fsp3) is 0.400. The van der Waals surface area contributed by atoms with Gasteiger partial charge in [-0.2, -0.15) is 0 Å². The summed E-state index contributed by atoms with van der Waals surface area (Å²) in [5, 5.41) is 3.29. The number of nitrogens with one attached hydrogen (secondary N) is 1. The quantitative estimate of drug-likeness (QED) is 0.678. The third-order valence-corrected chi connectivity index (χ3v) is 4.23. The summed E-state index contributed by atoms with van der Waals surface area (Å²) in [7, 11) is 0. The van der Waals surface area contributed by atoms with Crippen LogP contribution in [0.5, 0.6) is 5.75 Å². The largest absolute Gasteiger partial charge is 0.492 e. The Kier molecular flexibility index (Phi) is 4.08. The number of carbonyl (C=O) groups excluding carboxylic acids is 1. The third-order valence-electron chi connectivity index (χ3n) is 3.61. The molecule has 0 radical (unpaired) electrons. The Balaban J connectivity index is 1.68. The lowest BCUT2D eigenvalue weighted by molar-refractivity contribution is 0.0534. The number of rotatable bonds is 4. The molecule has 106 valence electrons. The maximum Gasteiger partial charge on any atom is 0.339 e. The highest BCUT2D eigenvalue weighted by Gasteiger charge is 2.26. The molecule has 0 amide bonds. The smallest absolute Gasteiger partial charge is 0.339 e. The van der Waals surface area contributed by atoms with Crippen molar-refractivity contribution in [3.63, 3.8) is 0 Å². The molecule has 0 aliphatic carbocycles. The van der Waals surface area contributed by atoms with E-state index in [1.807, 2.05) is 6.07 Å². The van der Waals surface area contributed by atoms with Crippen LogP contribution >= 0.6 is 15.9 Å². The van der Waals surface area contributed by atoms with Crippen molar-refractivity contribution < 1.29 is 14.3 Å². The number of fused-ring (bicyclic) bond motifs is 1. The molecule has 1 N–H and O–H groups in total. The molecule has 2 aliphatic heterocycles. The van der Waals surface area contributed by atoms with Gasteiger partial charge in [0.1, 0.15) is 12.4 Å². The lowest BCUT2D eigenvalue weighted by Crippen LogP contribution is -2.21. The molecule has 4 nitrogen and oxygen atoms in total. The second-order valence-corrected chi connectivity index (χ2v) is 5.75. The number of carbonyl (C=O) groups is 1. The second-order valence-electron chi connectivity index (χ2n) is 4.89. The SMILES string of the molecule is O=C1OCc2c1ccc(Br)c2OCCC1=CCNCC1. The zero-order valence-corrected chi connectivity index (χ0v) is 12.7. The average molecular weight is 338 g/mol. The van der Waals surface area contributed by atoms with E-state index in [9.17, 15) is 4.79 Å². The lowest BCUT2D eigenvalue weighted by atomic mass is 10.1. The maximum absolute atomic E-state index is 11.5. The van der Waals surface area contributed by atoms with Gasteiger partial charge in [-0.25, -0.2) is 4.79 Å². The Morgan fingerprint density at radius 2 is 2.30 bits per heavy atom. The average Bonchev–Trinajstić information content (AvgIpc) is 2.84. The number of halogens is 1. The Morgan fingerprint density at radius 3 is 3.10 bits per heavy atom. The standard InChI is InChI=1S/C15H16BrNO3/c16-13-2-1-11-12(9-20-15(11)18)14(13)19-8-5-10-3-6-17-7-4-10/h1-3,17H,4-9H2. The molecular weight excluding hydrogens is 322 g/mol. The third kappa shape index (κ3) is 2.74. The molecule has 2 heterocycles. The van der Waals surface area contributed by atoms with Gasteiger partial charge in [0.25, 0.3) is 0 Å². The van der Waals surface area contributed by atoms with E-state index in [1.165, 1.54) is 5.57 Å². The minimum absolute atomic E-state index is 0.265. The van der Waals surface area contributed by atoms with E-state index in [0.29, 0.717) is 18.8 Å². The van der Waals surface area contributed by atoms with Gasteiger partial charge in [-0.05, 0) is 41.0 Å². The van der Waals surface area contributed by atoms with Gasteiger partial charge in [0.2, 0.25) is 0 Å². The van der Waals surface area contributed by atoms with Gasteiger partial charge in [-0.15, -0.1) is 0 Å². The summed E-state index contributed by atoms with van der Waals surface area (Å²) in [4.78, 5) is 11.5. The number of ether oxygens (including phenoxy) is 2. The summed E-state index contributed by atoms with van der Waals surface area (Å²) in [6.07, 6.45) is 4.23. The number of cyclic esters (lactones) is 1. The van der Waals surface area contributed by atoms with Crippen molar-refractivity contribution in [2.24, 2.45) is 0 Å². The van der Waals surface area contributed by atoms with Gasteiger partial charge >= 0.3 is 5.97 Å². The Hall–Kier alpha value is -1.33. The van der Waals surface area contributed by atoms with E-state index in [0.717, 1.165) is 41.7 Å². The number of esters is 1. The molecule has 0 unspecified atom stereocenters. The normalized spacial score (nSPS) is 17.4. The molecule has 1 aromatic carbocycles. The van der Waals surface area contributed by atoms with E-state index < -0.39 is 0 Å². The first kappa shape index (κ1) is 13.6. The molecule has 0 aromatic heterocycles. The second kappa shape index (κ2) is 5.97. The Morgan fingerprint density at radius 1 is 1.40 bits per heavy atom. The molecule has 20 heavy (non-hydrogen) atoms. The van der Waals surface area contributed by atoms with Crippen LogP contribution in [0.1, 0.15) is 28.8 Å². The van der Waals surface area contributed by atoms with Crippen molar-refractivity contribution in [3.8, 4) is 5.75 Å². The zero-order valence-electron chi connectivity index (χ0n) is 11.1. The Bertz CT molecular complexity index is 568. The van der Waals surface area contributed by atoms with Crippen molar-refractivity contribution in [3.05, 3.63) is 39.4 Å². The summed E-state index contributed by atoms with van der Waals surface area (Å²) in [6, 6.07) is 3.61. The van der Waals surface area contributed by atoms with Crippen LogP contribution in [0.15, 0.2) is 28.3 Å². The molecule has 1 aromatic rings. The van der Waals surface area contributed by atoms with Crippen molar-refractivity contribution in [1.29, 1.82) is 0 Å². The molecule has 2 aliphatic rings. The number of hydrogen-bond donors (Lipinski definition) is 1. The molecule has 0 saturated carbocycles. The summed E-state index contributed by atoms with van der Waals surface area (Å²) >= 11 is 3.48. The highest BCUT2D eigenvalue weighted by atomic mass is 79.9. The van der Waals surface area contributed by atoms with Gasteiger partial charge in [0.05, 0.1) is 16.6 Å². The summed E-state index contributed by atoms with van der Waals surface area (Å²) in [5.41, 5.74) is 2.90. The Labute approximate surface area is 126 Å². The van der Waals surface area contributed by atoms with E-state index in [1.54, 1.807) is 6.07 Å². The van der Waals surface area contributed by atoms with Crippen LogP contribution in [0.25, 0.3) is 0 Å². The van der Waals surface area contributed by atoms with Crippen LogP contribution in [0, 0.1) is 0 Å². The highest BCUT2D eigenvalue weighted by Crippen LogP contribution is 2.36. The zero-order chi connectivity index (χ0) is 13.9.